The third-order valence-electron chi connectivity index (χ3n) is 3.30. The van der Waals surface area contributed by atoms with Crippen LogP contribution in [0.2, 0.25) is 0 Å². The van der Waals surface area contributed by atoms with E-state index in [1.54, 1.807) is 0 Å². The minimum atomic E-state index is 0.790. The fraction of sp³-hybridized carbons (Fsp3) is 0.846. The molecule has 1 saturated carbocycles. The average molecular weight is 211 g/mol. The van der Waals surface area contributed by atoms with Crippen LogP contribution in [-0.4, -0.2) is 19.7 Å². The van der Waals surface area contributed by atoms with Crippen LogP contribution in [0.5, 0.6) is 0 Å². The highest BCUT2D eigenvalue weighted by atomic mass is 16.5. The van der Waals surface area contributed by atoms with Gasteiger partial charge in [-0.25, -0.2) is 0 Å². The predicted molar refractivity (Wildman–Crippen MR) is 64.8 cm³/mol. The highest BCUT2D eigenvalue weighted by Crippen LogP contribution is 2.27. The van der Waals surface area contributed by atoms with Gasteiger partial charge in [0.1, 0.15) is 0 Å². The van der Waals surface area contributed by atoms with Gasteiger partial charge in [-0.3, -0.25) is 0 Å². The SMILES string of the molecule is C=COCCCNCC1CCC(C)CC1. The second-order valence-corrected chi connectivity index (χ2v) is 4.72. The first-order chi connectivity index (χ1) is 7.33. The molecular weight excluding hydrogens is 186 g/mol. The van der Waals surface area contributed by atoms with E-state index in [0.717, 1.165) is 31.4 Å². The Kier molecular flexibility index (Phi) is 6.49. The van der Waals surface area contributed by atoms with E-state index in [1.807, 2.05) is 0 Å². The average Bonchev–Trinajstić information content (AvgIpc) is 2.26. The smallest absolute Gasteiger partial charge is 0.0885 e. The molecule has 1 N–H and O–H groups in total. The van der Waals surface area contributed by atoms with Gasteiger partial charge in [-0.15, -0.1) is 0 Å². The second kappa shape index (κ2) is 7.75. The normalized spacial score (nSPS) is 26.2. The quantitative estimate of drug-likeness (QED) is 0.516. The van der Waals surface area contributed by atoms with E-state index in [2.05, 4.69) is 18.8 Å². The first-order valence-corrected chi connectivity index (χ1v) is 6.26. The monoisotopic (exact) mass is 211 g/mol. The van der Waals surface area contributed by atoms with E-state index in [4.69, 9.17) is 4.74 Å². The van der Waals surface area contributed by atoms with Crippen molar-refractivity contribution in [3.05, 3.63) is 12.8 Å². The van der Waals surface area contributed by atoms with E-state index in [1.165, 1.54) is 38.5 Å². The van der Waals surface area contributed by atoms with Gasteiger partial charge in [0, 0.05) is 0 Å². The van der Waals surface area contributed by atoms with Gasteiger partial charge >= 0.3 is 0 Å². The lowest BCUT2D eigenvalue weighted by Gasteiger charge is -2.26. The van der Waals surface area contributed by atoms with Gasteiger partial charge in [0.05, 0.1) is 12.9 Å². The van der Waals surface area contributed by atoms with Crippen LogP contribution in [0.15, 0.2) is 12.8 Å². The number of ether oxygens (including phenoxy) is 1. The van der Waals surface area contributed by atoms with Gasteiger partial charge in [0.15, 0.2) is 0 Å². The van der Waals surface area contributed by atoms with Gasteiger partial charge in [0.25, 0.3) is 0 Å². The Morgan fingerprint density at radius 3 is 2.73 bits per heavy atom. The van der Waals surface area contributed by atoms with Gasteiger partial charge in [-0.2, -0.15) is 0 Å². The van der Waals surface area contributed by atoms with Crippen molar-refractivity contribution in [1.82, 2.24) is 5.32 Å². The molecule has 88 valence electrons. The number of nitrogens with one attached hydrogen (secondary N) is 1. The maximum atomic E-state index is 5.06. The molecule has 0 saturated heterocycles. The molecule has 0 aliphatic heterocycles. The van der Waals surface area contributed by atoms with Crippen LogP contribution in [-0.2, 0) is 4.74 Å². The molecule has 1 aliphatic carbocycles. The summed E-state index contributed by atoms with van der Waals surface area (Å²) in [5.74, 6) is 1.88. The standard InChI is InChI=1S/C13H25NO/c1-3-15-10-4-9-14-11-13-7-5-12(2)6-8-13/h3,12-14H,1,4-11H2,2H3. The maximum Gasteiger partial charge on any atom is 0.0885 e. The summed E-state index contributed by atoms with van der Waals surface area (Å²) in [5, 5.41) is 3.51. The topological polar surface area (TPSA) is 21.3 Å². The highest BCUT2D eigenvalue weighted by molar-refractivity contribution is 4.71. The molecule has 0 aromatic heterocycles. The first-order valence-electron chi connectivity index (χ1n) is 6.26. The highest BCUT2D eigenvalue weighted by Gasteiger charge is 2.17. The van der Waals surface area contributed by atoms with Gasteiger partial charge < -0.3 is 10.1 Å². The van der Waals surface area contributed by atoms with Crippen molar-refractivity contribution in [2.24, 2.45) is 11.8 Å². The Bertz CT molecular complexity index is 162. The van der Waals surface area contributed by atoms with Crippen molar-refractivity contribution in [3.63, 3.8) is 0 Å². The van der Waals surface area contributed by atoms with E-state index >= 15 is 0 Å². The molecule has 1 aliphatic rings. The summed E-state index contributed by atoms with van der Waals surface area (Å²) in [6.07, 6.45) is 8.27. The largest absolute Gasteiger partial charge is 0.502 e. The molecule has 0 aromatic carbocycles. The minimum Gasteiger partial charge on any atom is -0.502 e. The van der Waals surface area contributed by atoms with E-state index in [9.17, 15) is 0 Å². The zero-order chi connectivity index (χ0) is 10.9. The first kappa shape index (κ1) is 12.6. The summed E-state index contributed by atoms with van der Waals surface area (Å²) in [6, 6.07) is 0. The van der Waals surface area contributed by atoms with Crippen molar-refractivity contribution in [3.8, 4) is 0 Å². The van der Waals surface area contributed by atoms with Crippen LogP contribution in [0.1, 0.15) is 39.0 Å². The zero-order valence-corrected chi connectivity index (χ0v) is 10.0. The molecule has 0 radical (unpaired) electrons. The maximum absolute atomic E-state index is 5.06. The Balaban J connectivity index is 1.89. The molecule has 0 bridgehead atoms. The summed E-state index contributed by atoms with van der Waals surface area (Å²) < 4.78 is 5.06. The molecule has 0 spiro atoms. The Morgan fingerprint density at radius 2 is 2.07 bits per heavy atom. The number of hydrogen-bond acceptors (Lipinski definition) is 2. The predicted octanol–water partition coefficient (Wildman–Crippen LogP) is 2.95. The second-order valence-electron chi connectivity index (χ2n) is 4.72. The van der Waals surface area contributed by atoms with Crippen LogP contribution in [0.25, 0.3) is 0 Å². The van der Waals surface area contributed by atoms with E-state index in [-0.39, 0.29) is 0 Å². The molecule has 0 atom stereocenters. The zero-order valence-electron chi connectivity index (χ0n) is 10.0. The third kappa shape index (κ3) is 5.83. The molecule has 0 unspecified atom stereocenters. The summed E-state index contributed by atoms with van der Waals surface area (Å²) >= 11 is 0. The summed E-state index contributed by atoms with van der Waals surface area (Å²) in [5.41, 5.74) is 0. The Labute approximate surface area is 94.1 Å². The third-order valence-corrected chi connectivity index (χ3v) is 3.30. The van der Waals surface area contributed by atoms with Crippen LogP contribution in [0.4, 0.5) is 0 Å². The summed E-state index contributed by atoms with van der Waals surface area (Å²) in [7, 11) is 0. The Hall–Kier alpha value is -0.500. The van der Waals surface area contributed by atoms with Crippen LogP contribution in [0, 0.1) is 11.8 Å². The fourth-order valence-corrected chi connectivity index (χ4v) is 2.20. The molecular formula is C13H25NO. The summed E-state index contributed by atoms with van der Waals surface area (Å²) in [4.78, 5) is 0. The summed E-state index contributed by atoms with van der Waals surface area (Å²) in [6.45, 7) is 8.94. The van der Waals surface area contributed by atoms with Crippen LogP contribution >= 0.6 is 0 Å². The van der Waals surface area contributed by atoms with Gasteiger partial charge in [0.2, 0.25) is 0 Å². The van der Waals surface area contributed by atoms with Crippen molar-refractivity contribution in [2.75, 3.05) is 19.7 Å². The molecule has 1 rings (SSSR count). The minimum absolute atomic E-state index is 0.790. The van der Waals surface area contributed by atoms with E-state index < -0.39 is 0 Å². The fourth-order valence-electron chi connectivity index (χ4n) is 2.20. The molecule has 0 aromatic rings. The molecule has 0 amide bonds. The van der Waals surface area contributed by atoms with Crippen LogP contribution in [0.3, 0.4) is 0 Å². The molecule has 1 fully saturated rings. The van der Waals surface area contributed by atoms with Crippen molar-refractivity contribution < 1.29 is 4.74 Å². The van der Waals surface area contributed by atoms with E-state index in [0.29, 0.717) is 0 Å². The lowest BCUT2D eigenvalue weighted by atomic mass is 9.83. The van der Waals surface area contributed by atoms with Gasteiger partial charge in [-0.05, 0) is 44.2 Å². The number of rotatable bonds is 7. The molecule has 2 heteroatoms. The van der Waals surface area contributed by atoms with Crippen LogP contribution < -0.4 is 5.32 Å². The lowest BCUT2D eigenvalue weighted by molar-refractivity contribution is 0.239. The van der Waals surface area contributed by atoms with Crippen molar-refractivity contribution in [2.45, 2.75) is 39.0 Å². The lowest BCUT2D eigenvalue weighted by Crippen LogP contribution is -2.27. The molecule has 15 heavy (non-hydrogen) atoms. The molecule has 2 nitrogen and oxygen atoms in total. The van der Waals surface area contributed by atoms with Crippen molar-refractivity contribution in [1.29, 1.82) is 0 Å². The Morgan fingerprint density at radius 1 is 1.33 bits per heavy atom. The molecule has 0 heterocycles. The van der Waals surface area contributed by atoms with Gasteiger partial charge in [-0.1, -0.05) is 26.3 Å². The number of hydrogen-bond donors (Lipinski definition) is 1. The van der Waals surface area contributed by atoms with Crippen molar-refractivity contribution >= 4 is 0 Å².